The van der Waals surface area contributed by atoms with E-state index in [-0.39, 0.29) is 0 Å². The predicted octanol–water partition coefficient (Wildman–Crippen LogP) is 5.89. The fourth-order valence-corrected chi connectivity index (χ4v) is 3.52. The molecule has 2 aromatic carbocycles. The van der Waals surface area contributed by atoms with E-state index in [9.17, 15) is 0 Å². The van der Waals surface area contributed by atoms with Crippen molar-refractivity contribution in [1.29, 1.82) is 0 Å². The molecule has 0 bridgehead atoms. The van der Waals surface area contributed by atoms with E-state index in [1.807, 2.05) is 42.5 Å². The van der Waals surface area contributed by atoms with Crippen LogP contribution in [0.25, 0.3) is 21.7 Å². The first-order valence-electron chi connectivity index (χ1n) is 5.72. The van der Waals surface area contributed by atoms with Gasteiger partial charge in [-0.3, -0.25) is 0 Å². The molecule has 1 nitrogen and oxygen atoms in total. The van der Waals surface area contributed by atoms with Crippen LogP contribution >= 0.6 is 38.9 Å². The first-order valence-corrected chi connectivity index (χ1v) is 7.71. The second-order valence-corrected chi connectivity index (χ2v) is 6.43. The van der Waals surface area contributed by atoms with E-state index in [1.165, 1.54) is 11.3 Å². The van der Waals surface area contributed by atoms with Gasteiger partial charge in [0.05, 0.1) is 10.6 Å². The Bertz CT molecular complexity index is 709. The molecule has 0 unspecified atom stereocenters. The van der Waals surface area contributed by atoms with Crippen molar-refractivity contribution >= 4 is 38.9 Å². The number of hydrogen-bond donors (Lipinski definition) is 0. The maximum atomic E-state index is 6.11. The summed E-state index contributed by atoms with van der Waals surface area (Å²) in [6, 6.07) is 18.2. The second kappa shape index (κ2) is 5.45. The number of rotatable bonds is 2. The normalized spacial score (nSPS) is 10.6. The topological polar surface area (TPSA) is 12.9 Å². The lowest BCUT2D eigenvalue weighted by Gasteiger charge is -2.04. The van der Waals surface area contributed by atoms with E-state index in [0.717, 1.165) is 26.2 Å². The van der Waals surface area contributed by atoms with Crippen molar-refractivity contribution in [3.63, 3.8) is 0 Å². The third-order valence-electron chi connectivity index (χ3n) is 2.77. The molecule has 3 rings (SSSR count). The molecule has 0 aliphatic heterocycles. The minimum Gasteiger partial charge on any atom is -0.224 e. The average Bonchev–Trinajstić information content (AvgIpc) is 2.82. The van der Waals surface area contributed by atoms with Crippen molar-refractivity contribution < 1.29 is 0 Å². The second-order valence-electron chi connectivity index (χ2n) is 3.99. The van der Waals surface area contributed by atoms with Gasteiger partial charge in [0, 0.05) is 10.0 Å². The molecule has 0 amide bonds. The Hall–Kier alpha value is -1.16. The van der Waals surface area contributed by atoms with Crippen LogP contribution in [-0.4, -0.2) is 4.98 Å². The smallest absolute Gasteiger partial charge is 0.184 e. The van der Waals surface area contributed by atoms with Gasteiger partial charge in [0.2, 0.25) is 0 Å². The monoisotopic (exact) mass is 349 g/mol. The van der Waals surface area contributed by atoms with E-state index in [2.05, 4.69) is 33.0 Å². The number of halogens is 2. The molecular formula is C15H9BrClNS. The van der Waals surface area contributed by atoms with Gasteiger partial charge in [-0.05, 0) is 11.6 Å². The lowest BCUT2D eigenvalue weighted by molar-refractivity contribution is 1.40. The third kappa shape index (κ3) is 2.59. The first kappa shape index (κ1) is 12.9. The van der Waals surface area contributed by atoms with E-state index in [1.54, 1.807) is 0 Å². The van der Waals surface area contributed by atoms with Gasteiger partial charge >= 0.3 is 0 Å². The summed E-state index contributed by atoms with van der Waals surface area (Å²) in [5.74, 6) is 0. The fraction of sp³-hybridized carbons (Fsp3) is 0. The number of thiazole rings is 1. The van der Waals surface area contributed by atoms with Crippen molar-refractivity contribution in [3.8, 4) is 21.7 Å². The summed E-state index contributed by atoms with van der Waals surface area (Å²) in [6.45, 7) is 0. The van der Waals surface area contributed by atoms with Crippen molar-refractivity contribution in [2.45, 2.75) is 0 Å². The van der Waals surface area contributed by atoms with E-state index in [4.69, 9.17) is 11.6 Å². The first-order chi connectivity index (χ1) is 9.25. The minimum absolute atomic E-state index is 0.560. The Morgan fingerprint density at radius 2 is 1.63 bits per heavy atom. The van der Waals surface area contributed by atoms with Crippen LogP contribution in [0, 0.1) is 0 Å². The highest BCUT2D eigenvalue weighted by molar-refractivity contribution is 9.10. The summed E-state index contributed by atoms with van der Waals surface area (Å²) in [5, 5.41) is 0. The molecule has 0 saturated heterocycles. The van der Waals surface area contributed by atoms with Crippen LogP contribution in [0.1, 0.15) is 0 Å². The van der Waals surface area contributed by atoms with Gasteiger partial charge in [-0.2, -0.15) is 0 Å². The fourth-order valence-electron chi connectivity index (χ4n) is 1.92. The molecule has 0 radical (unpaired) electrons. The highest BCUT2D eigenvalue weighted by atomic mass is 79.9. The highest BCUT2D eigenvalue weighted by Crippen LogP contribution is 2.40. The summed E-state index contributed by atoms with van der Waals surface area (Å²) < 4.78 is 1.58. The zero-order chi connectivity index (χ0) is 13.2. The van der Waals surface area contributed by atoms with Gasteiger partial charge in [-0.15, -0.1) is 11.3 Å². The molecule has 19 heavy (non-hydrogen) atoms. The Labute approximate surface area is 129 Å². The minimum atomic E-state index is 0.560. The van der Waals surface area contributed by atoms with Crippen LogP contribution in [0.4, 0.5) is 0 Å². The van der Waals surface area contributed by atoms with Crippen molar-refractivity contribution in [2.24, 2.45) is 0 Å². The molecule has 1 heterocycles. The maximum absolute atomic E-state index is 6.11. The molecule has 0 N–H and O–H groups in total. The molecule has 0 saturated carbocycles. The zero-order valence-electron chi connectivity index (χ0n) is 9.81. The SMILES string of the molecule is Clc1nc(-c2ccccc2Br)c(-c2ccccc2)s1. The molecule has 3 aromatic rings. The van der Waals surface area contributed by atoms with Crippen molar-refractivity contribution in [3.05, 3.63) is 63.5 Å². The van der Waals surface area contributed by atoms with Crippen LogP contribution in [0.5, 0.6) is 0 Å². The Morgan fingerprint density at radius 1 is 0.947 bits per heavy atom. The number of nitrogens with zero attached hydrogens (tertiary/aromatic N) is 1. The Morgan fingerprint density at radius 3 is 2.37 bits per heavy atom. The summed E-state index contributed by atoms with van der Waals surface area (Å²) >= 11 is 11.2. The molecule has 4 heteroatoms. The highest BCUT2D eigenvalue weighted by Gasteiger charge is 2.15. The van der Waals surface area contributed by atoms with Gasteiger partial charge < -0.3 is 0 Å². The third-order valence-corrected chi connectivity index (χ3v) is 4.67. The molecule has 0 aliphatic carbocycles. The number of benzene rings is 2. The quantitative estimate of drug-likeness (QED) is 0.561. The van der Waals surface area contributed by atoms with Gasteiger partial charge in [-0.25, -0.2) is 4.98 Å². The van der Waals surface area contributed by atoms with Crippen molar-refractivity contribution in [2.75, 3.05) is 0 Å². The number of aromatic nitrogens is 1. The standard InChI is InChI=1S/C15H9BrClNS/c16-12-9-5-4-8-11(12)13-14(19-15(17)18-13)10-6-2-1-3-7-10/h1-9H. The predicted molar refractivity (Wildman–Crippen MR) is 85.7 cm³/mol. The van der Waals surface area contributed by atoms with Gasteiger partial charge in [0.1, 0.15) is 0 Å². The van der Waals surface area contributed by atoms with E-state index in [0.29, 0.717) is 4.47 Å². The molecule has 0 fully saturated rings. The van der Waals surface area contributed by atoms with Crippen molar-refractivity contribution in [1.82, 2.24) is 4.98 Å². The van der Waals surface area contributed by atoms with Crippen LogP contribution in [0.2, 0.25) is 4.47 Å². The maximum Gasteiger partial charge on any atom is 0.184 e. The lowest BCUT2D eigenvalue weighted by atomic mass is 10.1. The average molecular weight is 351 g/mol. The molecule has 0 atom stereocenters. The van der Waals surface area contributed by atoms with E-state index >= 15 is 0 Å². The summed E-state index contributed by atoms with van der Waals surface area (Å²) in [4.78, 5) is 5.57. The molecule has 0 spiro atoms. The Balaban J connectivity index is 2.21. The van der Waals surface area contributed by atoms with Gasteiger partial charge in [0.25, 0.3) is 0 Å². The largest absolute Gasteiger partial charge is 0.224 e. The molecule has 1 aromatic heterocycles. The van der Waals surface area contributed by atoms with Crippen LogP contribution in [0.3, 0.4) is 0 Å². The van der Waals surface area contributed by atoms with Crippen LogP contribution in [0.15, 0.2) is 59.1 Å². The van der Waals surface area contributed by atoms with Crippen LogP contribution in [-0.2, 0) is 0 Å². The molecular weight excluding hydrogens is 342 g/mol. The lowest BCUT2D eigenvalue weighted by Crippen LogP contribution is -1.83. The molecule has 0 aliphatic rings. The van der Waals surface area contributed by atoms with E-state index < -0.39 is 0 Å². The van der Waals surface area contributed by atoms with Gasteiger partial charge in [0.15, 0.2) is 4.47 Å². The number of hydrogen-bond acceptors (Lipinski definition) is 2. The van der Waals surface area contributed by atoms with Gasteiger partial charge in [-0.1, -0.05) is 76.1 Å². The summed E-state index contributed by atoms with van der Waals surface area (Å²) in [7, 11) is 0. The molecule has 94 valence electrons. The summed E-state index contributed by atoms with van der Waals surface area (Å²) in [6.07, 6.45) is 0. The Kier molecular flexibility index (Phi) is 3.69. The van der Waals surface area contributed by atoms with Crippen LogP contribution < -0.4 is 0 Å². The summed E-state index contributed by atoms with van der Waals surface area (Å²) in [5.41, 5.74) is 3.12. The zero-order valence-corrected chi connectivity index (χ0v) is 13.0.